The van der Waals surface area contributed by atoms with Crippen molar-refractivity contribution in [1.82, 2.24) is 15.0 Å². The van der Waals surface area contributed by atoms with Crippen LogP contribution in [0.3, 0.4) is 0 Å². The van der Waals surface area contributed by atoms with Crippen LogP contribution in [-0.4, -0.2) is 20.9 Å². The van der Waals surface area contributed by atoms with Gasteiger partial charge in [-0.05, 0) is 25.7 Å². The van der Waals surface area contributed by atoms with Crippen molar-refractivity contribution in [3.63, 3.8) is 0 Å². The van der Waals surface area contributed by atoms with E-state index in [1.165, 1.54) is 12.8 Å². The van der Waals surface area contributed by atoms with Crippen LogP contribution in [0.5, 0.6) is 0 Å². The molecule has 0 bridgehead atoms. The fraction of sp³-hybridized carbons (Fsp3) is 0.727. The monoisotopic (exact) mass is 220 g/mol. The second-order valence-electron chi connectivity index (χ2n) is 4.84. The van der Waals surface area contributed by atoms with Crippen molar-refractivity contribution in [3.05, 3.63) is 11.4 Å². The van der Waals surface area contributed by atoms with E-state index in [2.05, 4.69) is 10.3 Å². The van der Waals surface area contributed by atoms with Crippen LogP contribution in [0.25, 0.3) is 0 Å². The standard InChI is InChI=1S/C11H16N4O/c12-11(16)9-10(7-5-6-7)15(14-13-9)8-3-1-2-4-8/h7-8H,1-6H2,(H2,12,16). The molecule has 86 valence electrons. The lowest BCUT2D eigenvalue weighted by Crippen LogP contribution is -2.16. The molecule has 5 nitrogen and oxygen atoms in total. The van der Waals surface area contributed by atoms with E-state index in [4.69, 9.17) is 5.73 Å². The van der Waals surface area contributed by atoms with E-state index in [1.54, 1.807) is 0 Å². The van der Waals surface area contributed by atoms with Gasteiger partial charge in [-0.2, -0.15) is 0 Å². The molecule has 0 unspecified atom stereocenters. The second kappa shape index (κ2) is 3.57. The van der Waals surface area contributed by atoms with E-state index in [-0.39, 0.29) is 0 Å². The zero-order valence-corrected chi connectivity index (χ0v) is 9.22. The van der Waals surface area contributed by atoms with Gasteiger partial charge >= 0.3 is 0 Å². The summed E-state index contributed by atoms with van der Waals surface area (Å²) in [7, 11) is 0. The van der Waals surface area contributed by atoms with Crippen molar-refractivity contribution in [2.24, 2.45) is 5.73 Å². The Hall–Kier alpha value is -1.39. The van der Waals surface area contributed by atoms with Crippen LogP contribution in [0, 0.1) is 0 Å². The lowest BCUT2D eigenvalue weighted by atomic mass is 10.2. The molecule has 2 saturated carbocycles. The van der Waals surface area contributed by atoms with Gasteiger partial charge in [0.05, 0.1) is 11.7 Å². The Kier molecular flexibility index (Phi) is 2.19. The van der Waals surface area contributed by atoms with E-state index < -0.39 is 5.91 Å². The minimum Gasteiger partial charge on any atom is -0.364 e. The minimum atomic E-state index is -0.439. The van der Waals surface area contributed by atoms with Crippen molar-refractivity contribution in [3.8, 4) is 0 Å². The first-order valence-electron chi connectivity index (χ1n) is 6.02. The number of carbonyl (C=O) groups excluding carboxylic acids is 1. The van der Waals surface area contributed by atoms with Gasteiger partial charge in [0.15, 0.2) is 5.69 Å². The summed E-state index contributed by atoms with van der Waals surface area (Å²) in [5.41, 5.74) is 6.73. The average molecular weight is 220 g/mol. The number of hydrogen-bond donors (Lipinski definition) is 1. The number of aromatic nitrogens is 3. The van der Waals surface area contributed by atoms with Crippen LogP contribution in [0.1, 0.15) is 66.7 Å². The molecule has 0 radical (unpaired) electrons. The number of amides is 1. The zero-order chi connectivity index (χ0) is 11.1. The first-order valence-corrected chi connectivity index (χ1v) is 6.02. The van der Waals surface area contributed by atoms with Crippen molar-refractivity contribution >= 4 is 5.91 Å². The Balaban J connectivity index is 2.00. The third-order valence-electron chi connectivity index (χ3n) is 3.60. The van der Waals surface area contributed by atoms with E-state index in [0.717, 1.165) is 31.4 Å². The molecular weight excluding hydrogens is 204 g/mol. The van der Waals surface area contributed by atoms with Crippen molar-refractivity contribution in [2.45, 2.75) is 50.5 Å². The highest BCUT2D eigenvalue weighted by Gasteiger charge is 2.35. The van der Waals surface area contributed by atoms with E-state index >= 15 is 0 Å². The predicted octanol–water partition coefficient (Wildman–Crippen LogP) is 1.37. The summed E-state index contributed by atoms with van der Waals surface area (Å²) >= 11 is 0. The lowest BCUT2D eigenvalue weighted by Gasteiger charge is -2.12. The third kappa shape index (κ3) is 1.50. The summed E-state index contributed by atoms with van der Waals surface area (Å²) in [6.45, 7) is 0. The van der Waals surface area contributed by atoms with Crippen LogP contribution in [0.15, 0.2) is 0 Å². The van der Waals surface area contributed by atoms with Crippen molar-refractivity contribution < 1.29 is 4.79 Å². The molecule has 1 heterocycles. The molecule has 1 aromatic rings. The topological polar surface area (TPSA) is 73.8 Å². The molecule has 0 aliphatic heterocycles. The molecule has 16 heavy (non-hydrogen) atoms. The maximum Gasteiger partial charge on any atom is 0.271 e. The summed E-state index contributed by atoms with van der Waals surface area (Å²) in [6, 6.07) is 0.441. The molecule has 0 spiro atoms. The fourth-order valence-electron chi connectivity index (χ4n) is 2.63. The number of rotatable bonds is 3. The molecule has 5 heteroatoms. The number of nitrogens with two attached hydrogens (primary N) is 1. The zero-order valence-electron chi connectivity index (χ0n) is 9.22. The van der Waals surface area contributed by atoms with E-state index in [0.29, 0.717) is 17.7 Å². The van der Waals surface area contributed by atoms with Gasteiger partial charge in [-0.15, -0.1) is 5.10 Å². The van der Waals surface area contributed by atoms with Crippen LogP contribution in [-0.2, 0) is 0 Å². The summed E-state index contributed by atoms with van der Waals surface area (Å²) < 4.78 is 1.98. The number of nitrogens with zero attached hydrogens (tertiary/aromatic N) is 3. The van der Waals surface area contributed by atoms with Gasteiger partial charge in [0.2, 0.25) is 0 Å². The Morgan fingerprint density at radius 1 is 1.25 bits per heavy atom. The highest BCUT2D eigenvalue weighted by Crippen LogP contribution is 2.43. The van der Waals surface area contributed by atoms with Crippen molar-refractivity contribution in [1.29, 1.82) is 0 Å². The normalized spacial score (nSPS) is 21.5. The Morgan fingerprint density at radius 2 is 1.94 bits per heavy atom. The second-order valence-corrected chi connectivity index (χ2v) is 4.84. The molecular formula is C11H16N4O. The molecule has 1 aromatic heterocycles. The minimum absolute atomic E-state index is 0.398. The quantitative estimate of drug-likeness (QED) is 0.836. The Morgan fingerprint density at radius 3 is 2.50 bits per heavy atom. The average Bonchev–Trinajstić information content (AvgIpc) is 2.82. The summed E-state index contributed by atoms with van der Waals surface area (Å²) in [5, 5.41) is 8.11. The first-order chi connectivity index (χ1) is 7.77. The van der Waals surface area contributed by atoms with Gasteiger partial charge in [0.25, 0.3) is 5.91 Å². The van der Waals surface area contributed by atoms with Gasteiger partial charge in [-0.1, -0.05) is 18.1 Å². The van der Waals surface area contributed by atoms with Crippen molar-refractivity contribution in [2.75, 3.05) is 0 Å². The molecule has 0 aromatic carbocycles. The predicted molar refractivity (Wildman–Crippen MR) is 58.0 cm³/mol. The van der Waals surface area contributed by atoms with E-state index in [1.807, 2.05) is 4.68 Å². The molecule has 2 aliphatic rings. The number of primary amides is 1. The largest absolute Gasteiger partial charge is 0.364 e. The Bertz CT molecular complexity index is 416. The third-order valence-corrected chi connectivity index (χ3v) is 3.60. The van der Waals surface area contributed by atoms with Gasteiger partial charge in [0, 0.05) is 5.92 Å². The highest BCUT2D eigenvalue weighted by molar-refractivity contribution is 5.92. The highest BCUT2D eigenvalue weighted by atomic mass is 16.1. The molecule has 3 rings (SSSR count). The summed E-state index contributed by atoms with van der Waals surface area (Å²) in [4.78, 5) is 11.3. The lowest BCUT2D eigenvalue weighted by molar-refractivity contribution is 0.0994. The van der Waals surface area contributed by atoms with Gasteiger partial charge in [0.1, 0.15) is 0 Å². The van der Waals surface area contributed by atoms with E-state index in [9.17, 15) is 4.79 Å². The summed E-state index contributed by atoms with van der Waals surface area (Å²) in [6.07, 6.45) is 7.09. The molecule has 1 amide bonds. The molecule has 2 fully saturated rings. The Labute approximate surface area is 94.0 Å². The molecule has 2 aliphatic carbocycles. The SMILES string of the molecule is NC(=O)c1nnn(C2CCCC2)c1C1CC1. The maximum absolute atomic E-state index is 11.3. The smallest absolute Gasteiger partial charge is 0.271 e. The van der Waals surface area contributed by atoms with Crippen LogP contribution < -0.4 is 5.73 Å². The molecule has 0 saturated heterocycles. The number of carbonyl (C=O) groups is 1. The molecule has 0 atom stereocenters. The van der Waals surface area contributed by atoms with Gasteiger partial charge < -0.3 is 5.73 Å². The first kappa shape index (κ1) is 9.81. The van der Waals surface area contributed by atoms with Crippen LogP contribution in [0.4, 0.5) is 0 Å². The van der Waals surface area contributed by atoms with Gasteiger partial charge in [-0.25, -0.2) is 4.68 Å². The van der Waals surface area contributed by atoms with Crippen LogP contribution >= 0.6 is 0 Å². The number of hydrogen-bond acceptors (Lipinski definition) is 3. The molecule has 2 N–H and O–H groups in total. The maximum atomic E-state index is 11.3. The van der Waals surface area contributed by atoms with Gasteiger partial charge in [-0.3, -0.25) is 4.79 Å². The summed E-state index contributed by atoms with van der Waals surface area (Å²) in [5.74, 6) is 0.0317. The van der Waals surface area contributed by atoms with Crippen LogP contribution in [0.2, 0.25) is 0 Å². The fourth-order valence-corrected chi connectivity index (χ4v) is 2.63.